The Morgan fingerprint density at radius 2 is 2.47 bits per heavy atom. The first-order chi connectivity index (χ1) is 7.35. The van der Waals surface area contributed by atoms with E-state index in [0.29, 0.717) is 6.54 Å². The summed E-state index contributed by atoms with van der Waals surface area (Å²) in [6, 6.07) is 2.08. The van der Waals surface area contributed by atoms with Gasteiger partial charge in [-0.15, -0.1) is 0 Å². The monoisotopic (exact) mass is 205 g/mol. The molecular weight excluding hydrogens is 186 g/mol. The van der Waals surface area contributed by atoms with Gasteiger partial charge in [0, 0.05) is 43.3 Å². The third kappa shape index (κ3) is 2.12. The van der Waals surface area contributed by atoms with Crippen LogP contribution in [0.1, 0.15) is 25.3 Å². The molecule has 0 spiro atoms. The number of hydrogen-bond donors (Lipinski definition) is 1. The number of hydrogen-bond acceptors (Lipinski definition) is 3. The molecule has 82 valence electrons. The van der Waals surface area contributed by atoms with E-state index >= 15 is 0 Å². The third-order valence-electron chi connectivity index (χ3n) is 3.30. The summed E-state index contributed by atoms with van der Waals surface area (Å²) in [5, 5.41) is 0. The van der Waals surface area contributed by atoms with Crippen molar-refractivity contribution in [2.45, 2.75) is 26.3 Å². The Labute approximate surface area is 91.3 Å². The average Bonchev–Trinajstić information content (AvgIpc) is 2.77. The Morgan fingerprint density at radius 3 is 3.13 bits per heavy atom. The van der Waals surface area contributed by atoms with Gasteiger partial charge in [0.1, 0.15) is 0 Å². The van der Waals surface area contributed by atoms with Gasteiger partial charge in [-0.3, -0.25) is 4.98 Å². The fourth-order valence-electron chi connectivity index (χ4n) is 2.27. The molecule has 0 bridgehead atoms. The summed E-state index contributed by atoms with van der Waals surface area (Å²) in [6.07, 6.45) is 6.32. The highest BCUT2D eigenvalue weighted by molar-refractivity contribution is 5.52. The molecule has 2 heterocycles. The minimum absolute atomic E-state index is 0.580. The van der Waals surface area contributed by atoms with Gasteiger partial charge < -0.3 is 10.6 Å². The summed E-state index contributed by atoms with van der Waals surface area (Å²) >= 11 is 0. The molecule has 3 nitrogen and oxygen atoms in total. The lowest BCUT2D eigenvalue weighted by molar-refractivity contribution is 0.569. The molecule has 2 N–H and O–H groups in total. The summed E-state index contributed by atoms with van der Waals surface area (Å²) in [5.74, 6) is 0.851. The maximum Gasteiger partial charge on any atom is 0.0442 e. The van der Waals surface area contributed by atoms with E-state index in [0.717, 1.165) is 18.0 Å². The minimum atomic E-state index is 0.580. The first kappa shape index (κ1) is 10.4. The van der Waals surface area contributed by atoms with E-state index in [1.807, 2.05) is 12.4 Å². The molecule has 1 aromatic heterocycles. The molecule has 2 rings (SSSR count). The zero-order chi connectivity index (χ0) is 10.7. The molecule has 0 amide bonds. The lowest BCUT2D eigenvalue weighted by Gasteiger charge is -2.21. The molecule has 0 saturated carbocycles. The predicted molar refractivity (Wildman–Crippen MR) is 62.7 cm³/mol. The van der Waals surface area contributed by atoms with Gasteiger partial charge in [0.2, 0.25) is 0 Å². The van der Waals surface area contributed by atoms with Crippen molar-refractivity contribution < 1.29 is 0 Å². The van der Waals surface area contributed by atoms with Gasteiger partial charge in [0.25, 0.3) is 0 Å². The molecule has 1 aliphatic rings. The maximum atomic E-state index is 5.72. The summed E-state index contributed by atoms with van der Waals surface area (Å²) in [5.41, 5.74) is 8.16. The van der Waals surface area contributed by atoms with Crippen LogP contribution in [0.5, 0.6) is 0 Å². The van der Waals surface area contributed by atoms with E-state index in [-0.39, 0.29) is 0 Å². The number of rotatable bonds is 3. The summed E-state index contributed by atoms with van der Waals surface area (Å²) in [7, 11) is 0. The first-order valence-electron chi connectivity index (χ1n) is 5.73. The van der Waals surface area contributed by atoms with Crippen molar-refractivity contribution in [1.82, 2.24) is 4.98 Å². The predicted octanol–water partition coefficient (Wildman–Crippen LogP) is 1.78. The van der Waals surface area contributed by atoms with Crippen LogP contribution in [0.3, 0.4) is 0 Å². The molecule has 0 aliphatic carbocycles. The average molecular weight is 205 g/mol. The Bertz CT molecular complexity index is 324. The van der Waals surface area contributed by atoms with Gasteiger partial charge in [0.15, 0.2) is 0 Å². The molecule has 1 aliphatic heterocycles. The van der Waals surface area contributed by atoms with Crippen molar-refractivity contribution in [3.8, 4) is 0 Å². The molecule has 1 aromatic rings. The van der Waals surface area contributed by atoms with Crippen LogP contribution in [0.2, 0.25) is 0 Å². The van der Waals surface area contributed by atoms with E-state index in [2.05, 4.69) is 22.9 Å². The molecule has 15 heavy (non-hydrogen) atoms. The van der Waals surface area contributed by atoms with E-state index in [4.69, 9.17) is 5.73 Å². The van der Waals surface area contributed by atoms with E-state index < -0.39 is 0 Å². The molecule has 1 saturated heterocycles. The zero-order valence-corrected chi connectivity index (χ0v) is 9.32. The highest BCUT2D eigenvalue weighted by Gasteiger charge is 2.22. The van der Waals surface area contributed by atoms with Gasteiger partial charge in [-0.05, 0) is 18.4 Å². The lowest BCUT2D eigenvalue weighted by Crippen LogP contribution is -2.21. The van der Waals surface area contributed by atoms with Crippen LogP contribution >= 0.6 is 0 Å². The maximum absolute atomic E-state index is 5.72. The second-order valence-corrected chi connectivity index (χ2v) is 4.22. The number of pyridine rings is 1. The normalized spacial score (nSPS) is 20.9. The van der Waals surface area contributed by atoms with Crippen molar-refractivity contribution in [2.75, 3.05) is 18.0 Å². The van der Waals surface area contributed by atoms with Gasteiger partial charge in [0.05, 0.1) is 0 Å². The summed E-state index contributed by atoms with van der Waals surface area (Å²) in [4.78, 5) is 6.56. The molecular formula is C12H19N3. The number of nitrogens with zero attached hydrogens (tertiary/aromatic N) is 2. The van der Waals surface area contributed by atoms with Crippen LogP contribution in [-0.2, 0) is 6.54 Å². The molecule has 1 atom stereocenters. The van der Waals surface area contributed by atoms with Crippen LogP contribution in [-0.4, -0.2) is 18.1 Å². The smallest absolute Gasteiger partial charge is 0.0442 e. The first-order valence-corrected chi connectivity index (χ1v) is 5.73. The van der Waals surface area contributed by atoms with E-state index in [9.17, 15) is 0 Å². The van der Waals surface area contributed by atoms with Crippen LogP contribution in [0.25, 0.3) is 0 Å². The standard InChI is InChI=1S/C12H19N3/c1-2-10-4-6-15(9-10)12-3-5-14-8-11(12)7-13/h3,5,8,10H,2,4,6-7,9,13H2,1H3. The van der Waals surface area contributed by atoms with Crippen molar-refractivity contribution in [2.24, 2.45) is 11.7 Å². The summed E-state index contributed by atoms with van der Waals surface area (Å²) in [6.45, 7) is 5.18. The molecule has 0 radical (unpaired) electrons. The fraction of sp³-hybridized carbons (Fsp3) is 0.583. The van der Waals surface area contributed by atoms with Crippen LogP contribution in [0.15, 0.2) is 18.5 Å². The van der Waals surface area contributed by atoms with Crippen molar-refractivity contribution in [1.29, 1.82) is 0 Å². The quantitative estimate of drug-likeness (QED) is 0.818. The Balaban J connectivity index is 2.16. The highest BCUT2D eigenvalue weighted by atomic mass is 15.2. The van der Waals surface area contributed by atoms with Gasteiger partial charge in [-0.25, -0.2) is 0 Å². The summed E-state index contributed by atoms with van der Waals surface area (Å²) < 4.78 is 0. The highest BCUT2D eigenvalue weighted by Crippen LogP contribution is 2.27. The SMILES string of the molecule is CCC1CCN(c2ccncc2CN)C1. The van der Waals surface area contributed by atoms with Gasteiger partial charge >= 0.3 is 0 Å². The number of nitrogens with two attached hydrogens (primary N) is 1. The van der Waals surface area contributed by atoms with Gasteiger partial charge in [-0.1, -0.05) is 13.3 Å². The van der Waals surface area contributed by atoms with Crippen LogP contribution in [0, 0.1) is 5.92 Å². The minimum Gasteiger partial charge on any atom is -0.371 e. The molecule has 1 fully saturated rings. The largest absolute Gasteiger partial charge is 0.371 e. The fourth-order valence-corrected chi connectivity index (χ4v) is 2.27. The number of aromatic nitrogens is 1. The molecule has 1 unspecified atom stereocenters. The lowest BCUT2D eigenvalue weighted by atomic mass is 10.1. The molecule has 0 aromatic carbocycles. The van der Waals surface area contributed by atoms with Crippen LogP contribution in [0.4, 0.5) is 5.69 Å². The van der Waals surface area contributed by atoms with Gasteiger partial charge in [-0.2, -0.15) is 0 Å². The zero-order valence-electron chi connectivity index (χ0n) is 9.32. The van der Waals surface area contributed by atoms with Crippen LogP contribution < -0.4 is 10.6 Å². The topological polar surface area (TPSA) is 42.2 Å². The number of anilines is 1. The third-order valence-corrected chi connectivity index (χ3v) is 3.30. The Morgan fingerprint density at radius 1 is 1.60 bits per heavy atom. The molecule has 3 heteroatoms. The van der Waals surface area contributed by atoms with Crippen molar-refractivity contribution in [3.05, 3.63) is 24.0 Å². The van der Waals surface area contributed by atoms with E-state index in [1.54, 1.807) is 0 Å². The van der Waals surface area contributed by atoms with Crippen molar-refractivity contribution >= 4 is 5.69 Å². The Kier molecular flexibility index (Phi) is 3.21. The second kappa shape index (κ2) is 4.62. The van der Waals surface area contributed by atoms with Crippen molar-refractivity contribution in [3.63, 3.8) is 0 Å². The van der Waals surface area contributed by atoms with E-state index in [1.165, 1.54) is 25.1 Å². The second-order valence-electron chi connectivity index (χ2n) is 4.22. The Hall–Kier alpha value is -1.09.